The molecule has 19 nitrogen and oxygen atoms in total. The lowest BCUT2D eigenvalue weighted by Gasteiger charge is -2.41. The van der Waals surface area contributed by atoms with Crippen LogP contribution in [0.5, 0.6) is 0 Å². The number of anilines is 2. The van der Waals surface area contributed by atoms with Crippen LogP contribution in [0.4, 0.5) is 11.6 Å². The molecule has 7 rings (SSSR count). The Morgan fingerprint density at radius 1 is 0.902 bits per heavy atom. The van der Waals surface area contributed by atoms with Gasteiger partial charge >= 0.3 is 6.72 Å². The maximum Gasteiger partial charge on any atom is 0.324 e. The van der Waals surface area contributed by atoms with E-state index < -0.39 is 69.6 Å². The lowest BCUT2D eigenvalue weighted by atomic mass is 10.1. The summed E-state index contributed by atoms with van der Waals surface area (Å²) in [5.41, 5.74) is 10.4. The highest BCUT2D eigenvalue weighted by atomic mass is 32.9. The Balaban J connectivity index is 1.23. The quantitative estimate of drug-likeness (QED) is 0.0888. The van der Waals surface area contributed by atoms with E-state index >= 15 is 0 Å². The van der Waals surface area contributed by atoms with Gasteiger partial charge in [-0.05, 0) is 29.9 Å². The summed E-state index contributed by atoms with van der Waals surface area (Å²) in [5.74, 6) is 0.377. The number of aliphatic hydroxyl groups excluding tert-OH is 1. The molecule has 3 saturated heterocycles. The lowest BCUT2D eigenvalue weighted by molar-refractivity contribution is -0.0453. The predicted octanol–water partition coefficient (Wildman–Crippen LogP) is 2.53. The zero-order chi connectivity index (χ0) is 36.7. The van der Waals surface area contributed by atoms with Crippen LogP contribution in [0, 0.1) is 0 Å². The number of nitrogens with one attached hydrogen (secondary N) is 2. The van der Waals surface area contributed by atoms with E-state index in [0.29, 0.717) is 22.3 Å². The van der Waals surface area contributed by atoms with E-state index in [2.05, 4.69) is 86.2 Å². The Bertz CT molecular complexity index is 2060. The molecule has 0 spiro atoms. The molecule has 4 aromatic rings. The summed E-state index contributed by atoms with van der Waals surface area (Å²) >= 11 is 15.2. The maximum absolute atomic E-state index is 14.0. The van der Waals surface area contributed by atoms with Crippen LogP contribution < -0.4 is 21.6 Å². The molecule has 0 saturated carbocycles. The van der Waals surface area contributed by atoms with Crippen LogP contribution in [-0.4, -0.2) is 102 Å². The van der Waals surface area contributed by atoms with Crippen molar-refractivity contribution in [3.05, 3.63) is 25.3 Å². The van der Waals surface area contributed by atoms with Crippen LogP contribution in [0.25, 0.3) is 22.3 Å². The van der Waals surface area contributed by atoms with Crippen molar-refractivity contribution < 1.29 is 32.6 Å². The summed E-state index contributed by atoms with van der Waals surface area (Å²) in [7, 11) is -2.50. The number of thiol groups is 2. The third-order valence-electron chi connectivity index (χ3n) is 9.74. The average molecular weight is 819 g/mol. The van der Waals surface area contributed by atoms with Crippen molar-refractivity contribution in [3.63, 3.8) is 0 Å². The fraction of sp³-hybridized carbons (Fsp3) is 0.615. The van der Waals surface area contributed by atoms with Gasteiger partial charge < -0.3 is 39.5 Å². The van der Waals surface area contributed by atoms with Crippen molar-refractivity contribution in [3.8, 4) is 0 Å². The van der Waals surface area contributed by atoms with Crippen molar-refractivity contribution in [2.45, 2.75) is 87.9 Å². The van der Waals surface area contributed by atoms with Gasteiger partial charge in [0, 0.05) is 0 Å². The van der Waals surface area contributed by atoms with E-state index in [1.165, 1.54) is 23.5 Å². The Morgan fingerprint density at radius 2 is 1.43 bits per heavy atom. The average Bonchev–Trinajstić information content (AvgIpc) is 3.80. The van der Waals surface area contributed by atoms with Crippen molar-refractivity contribution in [2.75, 3.05) is 24.7 Å². The smallest absolute Gasteiger partial charge is 0.324 e. The first kappa shape index (κ1) is 37.5. The minimum absolute atomic E-state index is 0.158. The summed E-state index contributed by atoms with van der Waals surface area (Å²) < 4.78 is 49.5. The largest absolute Gasteiger partial charge is 0.408 e. The summed E-state index contributed by atoms with van der Waals surface area (Å²) in [4.78, 5) is 25.5. The van der Waals surface area contributed by atoms with Gasteiger partial charge in [0.15, 0.2) is 49.3 Å². The number of imidazole rings is 2. The Morgan fingerprint density at radius 3 is 2.02 bits per heavy atom. The standard InChI is InChI=1S/C26H40N12O7P2S3Si/c1-26(2,3)51(4,5)45-19-15-13(44-25(19)38-11-34-17-21(28)30-9-32-23(17)38)6-41-46(40,48)35-14-12(7-42-47(49,50)36-15)43-24(18(14)39)37-10-33-16-20(27)29-8-31-22(16)37/h8-15,18-19,24-25,39H,6-7H2,1-5H3,(H2,27,29,31)(H2,28,30,32)(H2,35,40,48)(H2,36,49,50)/t12-,13-,14-,15-,18-,19?,24-,25-,46?/m1/s1. The molecule has 3 fully saturated rings. The number of nitrogen functional groups attached to an aromatic ring is 2. The number of aromatic nitrogens is 8. The Labute approximate surface area is 309 Å². The number of hydrogen-bond donors (Lipinski definition) is 7. The SMILES string of the molecule is CC(C)(C)[Si](C)(C)OC1[C@H](n2cnc3c(N)ncnc32)O[C@@H]2COP(=O)(S)N[C@H]3[C@@H](O)[C@H](n4cnc5c(N)ncnc54)O[C@@H]3COP(=S)(S)N[C@@H]12. The van der Waals surface area contributed by atoms with Crippen LogP contribution in [-0.2, 0) is 39.3 Å². The van der Waals surface area contributed by atoms with Gasteiger partial charge in [-0.1, -0.05) is 33.0 Å². The van der Waals surface area contributed by atoms with E-state index in [4.69, 9.17) is 58.5 Å². The number of nitrogens with two attached hydrogens (primary N) is 2. The first-order valence-corrected chi connectivity index (χ1v) is 25.4. The molecule has 51 heavy (non-hydrogen) atoms. The lowest BCUT2D eigenvalue weighted by Crippen LogP contribution is -2.52. The molecule has 7 N–H and O–H groups in total. The molecule has 0 bridgehead atoms. The molecule has 3 aliphatic rings. The van der Waals surface area contributed by atoms with Gasteiger partial charge in [0.2, 0.25) is 0 Å². The monoisotopic (exact) mass is 818 g/mol. The highest BCUT2D eigenvalue weighted by molar-refractivity contribution is 8.61. The maximum atomic E-state index is 14.0. The van der Waals surface area contributed by atoms with Gasteiger partial charge in [-0.3, -0.25) is 18.8 Å². The molecule has 0 radical (unpaired) electrons. The number of hydrogen-bond acceptors (Lipinski definition) is 16. The molecule has 278 valence electrons. The molecule has 0 aromatic carbocycles. The molecule has 25 heteroatoms. The number of nitrogens with zero attached hydrogens (tertiary/aromatic N) is 8. The second-order valence-electron chi connectivity index (χ2n) is 14.1. The molecule has 0 amide bonds. The van der Waals surface area contributed by atoms with Crippen molar-refractivity contribution in [1.29, 1.82) is 0 Å². The van der Waals surface area contributed by atoms with Gasteiger partial charge in [0.25, 0.3) is 0 Å². The van der Waals surface area contributed by atoms with E-state index in [9.17, 15) is 9.67 Å². The zero-order valence-electron chi connectivity index (χ0n) is 28.2. The molecule has 3 aliphatic heterocycles. The Hall–Kier alpha value is -1.82. The molecular formula is C26H40N12O7P2S3Si. The summed E-state index contributed by atoms with van der Waals surface area (Å²) in [6.45, 7) is 6.29. The molecule has 10 atom stereocenters. The van der Waals surface area contributed by atoms with E-state index in [1.807, 2.05) is 0 Å². The fourth-order valence-corrected chi connectivity index (χ4v) is 11.4. The minimum atomic E-state index is -3.95. The number of aliphatic hydroxyl groups is 1. The number of ether oxygens (including phenoxy) is 2. The number of fused-ring (bicyclic) bond motifs is 4. The van der Waals surface area contributed by atoms with E-state index in [1.54, 1.807) is 10.9 Å². The molecule has 0 aliphatic carbocycles. The normalized spacial score (nSPS) is 35.4. The van der Waals surface area contributed by atoms with E-state index in [-0.39, 0.29) is 29.9 Å². The summed E-state index contributed by atoms with van der Waals surface area (Å²) in [6.07, 6.45) is 0.0841. The van der Waals surface area contributed by atoms with Gasteiger partial charge in [-0.25, -0.2) is 35.0 Å². The van der Waals surface area contributed by atoms with Gasteiger partial charge in [0.1, 0.15) is 48.1 Å². The van der Waals surface area contributed by atoms with Crippen LogP contribution in [0.15, 0.2) is 25.3 Å². The summed E-state index contributed by atoms with van der Waals surface area (Å²) in [6, 6.07) is -1.68. The Kier molecular flexibility index (Phi) is 9.91. The number of rotatable bonds is 4. The van der Waals surface area contributed by atoms with Crippen molar-refractivity contribution in [1.82, 2.24) is 49.2 Å². The molecule has 4 aromatic heterocycles. The van der Waals surface area contributed by atoms with Crippen LogP contribution in [0.2, 0.25) is 18.1 Å². The van der Waals surface area contributed by atoms with Gasteiger partial charge in [-0.15, -0.1) is 12.2 Å². The predicted molar refractivity (Wildman–Crippen MR) is 201 cm³/mol. The highest BCUT2D eigenvalue weighted by Crippen LogP contribution is 2.55. The van der Waals surface area contributed by atoms with Crippen LogP contribution in [0.3, 0.4) is 0 Å². The highest BCUT2D eigenvalue weighted by Gasteiger charge is 2.54. The third-order valence-corrected chi connectivity index (χ3v) is 18.5. The van der Waals surface area contributed by atoms with Crippen molar-refractivity contribution >= 4 is 90.9 Å². The topological polar surface area (TPSA) is 247 Å². The third kappa shape index (κ3) is 7.11. The van der Waals surface area contributed by atoms with Crippen LogP contribution >= 0.6 is 36.8 Å². The van der Waals surface area contributed by atoms with Gasteiger partial charge in [0.05, 0.1) is 38.0 Å². The molecule has 3 unspecified atom stereocenters. The van der Waals surface area contributed by atoms with Gasteiger partial charge in [-0.2, -0.15) is 0 Å². The first-order valence-electron chi connectivity index (χ1n) is 15.9. The van der Waals surface area contributed by atoms with Crippen LogP contribution in [0.1, 0.15) is 33.2 Å². The van der Waals surface area contributed by atoms with Crippen molar-refractivity contribution in [2.24, 2.45) is 0 Å². The second-order valence-corrected chi connectivity index (χ2v) is 27.6. The zero-order valence-corrected chi connectivity index (χ0v) is 33.6. The molecular weight excluding hydrogens is 779 g/mol. The molecule has 7 heterocycles. The van der Waals surface area contributed by atoms with E-state index in [0.717, 1.165) is 0 Å². The summed E-state index contributed by atoms with van der Waals surface area (Å²) in [5, 5.41) is 17.7. The second kappa shape index (κ2) is 13.5. The minimum Gasteiger partial charge on any atom is -0.408 e. The fourth-order valence-electron chi connectivity index (χ4n) is 6.09. The first-order chi connectivity index (χ1) is 23.9.